The minimum absolute atomic E-state index is 0.132. The molecule has 1 aromatic rings. The molecule has 0 fully saturated rings. The lowest BCUT2D eigenvalue weighted by molar-refractivity contribution is -0.126. The first-order valence-electron chi connectivity index (χ1n) is 6.08. The summed E-state index contributed by atoms with van der Waals surface area (Å²) in [4.78, 5) is 22.8. The maximum atomic E-state index is 12.8. The van der Waals surface area contributed by atoms with Crippen LogP contribution in [0.4, 0.5) is 8.78 Å². The van der Waals surface area contributed by atoms with E-state index in [1.54, 1.807) is 24.3 Å². The standard InChI is InChI=1S/C13H17F2N3O2/c14-13(15,8-16)9-18-12(20)7-17-11(19)6-10-4-2-1-3-5-10/h1-5H,6-9,16H2,(H,17,19)(H,18,20). The molecule has 0 spiro atoms. The predicted octanol–water partition coefficient (Wildman–Crippen LogP) is 0.0555. The molecule has 2 amide bonds. The molecule has 0 atom stereocenters. The van der Waals surface area contributed by atoms with E-state index in [1.165, 1.54) is 0 Å². The zero-order chi connectivity index (χ0) is 15.0. The highest BCUT2D eigenvalue weighted by Crippen LogP contribution is 2.08. The lowest BCUT2D eigenvalue weighted by Gasteiger charge is -2.14. The predicted molar refractivity (Wildman–Crippen MR) is 70.2 cm³/mol. The first kappa shape index (κ1) is 16.0. The van der Waals surface area contributed by atoms with Gasteiger partial charge in [0.2, 0.25) is 11.8 Å². The Hall–Kier alpha value is -2.02. The fourth-order valence-corrected chi connectivity index (χ4v) is 1.39. The van der Waals surface area contributed by atoms with Crippen molar-refractivity contribution in [1.82, 2.24) is 10.6 Å². The van der Waals surface area contributed by atoms with Crippen molar-refractivity contribution in [2.45, 2.75) is 12.3 Å². The van der Waals surface area contributed by atoms with Crippen LogP contribution in [0.2, 0.25) is 0 Å². The number of halogens is 2. The highest BCUT2D eigenvalue weighted by Gasteiger charge is 2.27. The zero-order valence-corrected chi connectivity index (χ0v) is 10.9. The summed E-state index contributed by atoms with van der Waals surface area (Å²) in [7, 11) is 0. The molecule has 1 rings (SSSR count). The van der Waals surface area contributed by atoms with E-state index in [9.17, 15) is 18.4 Å². The molecule has 0 aliphatic rings. The van der Waals surface area contributed by atoms with Gasteiger partial charge in [0.25, 0.3) is 5.92 Å². The summed E-state index contributed by atoms with van der Waals surface area (Å²) in [6.45, 7) is -2.02. The number of rotatable bonds is 7. The van der Waals surface area contributed by atoms with Crippen molar-refractivity contribution in [3.8, 4) is 0 Å². The van der Waals surface area contributed by atoms with Gasteiger partial charge in [-0.1, -0.05) is 30.3 Å². The van der Waals surface area contributed by atoms with Gasteiger partial charge in [-0.3, -0.25) is 9.59 Å². The molecule has 0 aliphatic heterocycles. The third-order valence-corrected chi connectivity index (χ3v) is 2.50. The van der Waals surface area contributed by atoms with Crippen LogP contribution in [-0.4, -0.2) is 37.4 Å². The Morgan fingerprint density at radius 1 is 1.10 bits per heavy atom. The molecule has 5 nitrogen and oxygen atoms in total. The highest BCUT2D eigenvalue weighted by molar-refractivity contribution is 5.85. The Morgan fingerprint density at radius 3 is 2.35 bits per heavy atom. The molecule has 0 saturated carbocycles. The van der Waals surface area contributed by atoms with Gasteiger partial charge in [-0.25, -0.2) is 8.78 Å². The van der Waals surface area contributed by atoms with Crippen molar-refractivity contribution in [3.05, 3.63) is 35.9 Å². The van der Waals surface area contributed by atoms with Crippen LogP contribution in [0.3, 0.4) is 0 Å². The van der Waals surface area contributed by atoms with E-state index in [0.717, 1.165) is 5.56 Å². The maximum absolute atomic E-state index is 12.8. The van der Waals surface area contributed by atoms with E-state index in [1.807, 2.05) is 11.4 Å². The van der Waals surface area contributed by atoms with Crippen LogP contribution < -0.4 is 16.4 Å². The molecule has 110 valence electrons. The molecule has 0 aromatic heterocycles. The minimum Gasteiger partial charge on any atom is -0.348 e. The van der Waals surface area contributed by atoms with Crippen LogP contribution in [0.25, 0.3) is 0 Å². The summed E-state index contributed by atoms with van der Waals surface area (Å²) in [5.41, 5.74) is 5.64. The second-order valence-electron chi connectivity index (χ2n) is 4.28. The first-order chi connectivity index (χ1) is 9.43. The largest absolute Gasteiger partial charge is 0.348 e. The second kappa shape index (κ2) is 7.54. The van der Waals surface area contributed by atoms with Gasteiger partial charge in [-0.15, -0.1) is 0 Å². The Labute approximate surface area is 115 Å². The number of alkyl halides is 2. The van der Waals surface area contributed by atoms with Gasteiger partial charge in [0.15, 0.2) is 0 Å². The number of carbonyl (C=O) groups excluding carboxylic acids is 2. The van der Waals surface area contributed by atoms with E-state index in [2.05, 4.69) is 5.32 Å². The monoisotopic (exact) mass is 285 g/mol. The normalized spacial score (nSPS) is 10.9. The highest BCUT2D eigenvalue weighted by atomic mass is 19.3. The number of hydrogen-bond donors (Lipinski definition) is 3. The molecule has 0 heterocycles. The van der Waals surface area contributed by atoms with Crippen LogP contribution in [-0.2, 0) is 16.0 Å². The van der Waals surface area contributed by atoms with Gasteiger partial charge in [0.1, 0.15) is 0 Å². The average Bonchev–Trinajstić information content (AvgIpc) is 2.44. The average molecular weight is 285 g/mol. The van der Waals surface area contributed by atoms with Crippen molar-refractivity contribution in [3.63, 3.8) is 0 Å². The topological polar surface area (TPSA) is 84.2 Å². The maximum Gasteiger partial charge on any atom is 0.277 e. The van der Waals surface area contributed by atoms with Crippen LogP contribution in [0.5, 0.6) is 0 Å². The second-order valence-corrected chi connectivity index (χ2v) is 4.28. The Balaban J connectivity index is 2.26. The molecule has 20 heavy (non-hydrogen) atoms. The smallest absolute Gasteiger partial charge is 0.277 e. The molecule has 0 radical (unpaired) electrons. The SMILES string of the molecule is NCC(F)(F)CNC(=O)CNC(=O)Cc1ccccc1. The number of nitrogens with one attached hydrogen (secondary N) is 2. The fourth-order valence-electron chi connectivity index (χ4n) is 1.39. The van der Waals surface area contributed by atoms with Crippen molar-refractivity contribution in [2.75, 3.05) is 19.6 Å². The van der Waals surface area contributed by atoms with E-state index in [4.69, 9.17) is 5.73 Å². The molecule has 4 N–H and O–H groups in total. The molecule has 0 bridgehead atoms. The molecule has 0 unspecified atom stereocenters. The van der Waals surface area contributed by atoms with Gasteiger partial charge in [-0.2, -0.15) is 0 Å². The Kier molecular flexibility index (Phi) is 6.05. The quantitative estimate of drug-likeness (QED) is 0.662. The summed E-state index contributed by atoms with van der Waals surface area (Å²) in [6.07, 6.45) is 0.132. The molecule has 0 aliphatic carbocycles. The Bertz CT molecular complexity index is 452. The summed E-state index contributed by atoms with van der Waals surface area (Å²) in [5.74, 6) is -4.17. The molecular weight excluding hydrogens is 268 g/mol. The summed E-state index contributed by atoms with van der Waals surface area (Å²) < 4.78 is 25.5. The van der Waals surface area contributed by atoms with Gasteiger partial charge < -0.3 is 16.4 Å². The van der Waals surface area contributed by atoms with Crippen molar-refractivity contribution >= 4 is 11.8 Å². The lowest BCUT2D eigenvalue weighted by atomic mass is 10.1. The number of amides is 2. The van der Waals surface area contributed by atoms with E-state index in [-0.39, 0.29) is 18.9 Å². The third kappa shape index (κ3) is 6.24. The van der Waals surface area contributed by atoms with Crippen molar-refractivity contribution < 1.29 is 18.4 Å². The van der Waals surface area contributed by atoms with Crippen molar-refractivity contribution in [2.24, 2.45) is 5.73 Å². The van der Waals surface area contributed by atoms with Gasteiger partial charge in [0.05, 0.1) is 26.1 Å². The molecule has 1 aromatic carbocycles. The number of hydrogen-bond acceptors (Lipinski definition) is 3. The fraction of sp³-hybridized carbons (Fsp3) is 0.385. The van der Waals surface area contributed by atoms with E-state index >= 15 is 0 Å². The Morgan fingerprint density at radius 2 is 1.75 bits per heavy atom. The van der Waals surface area contributed by atoms with Crippen LogP contribution in [0, 0.1) is 0 Å². The lowest BCUT2D eigenvalue weighted by Crippen LogP contribution is -2.45. The van der Waals surface area contributed by atoms with Crippen molar-refractivity contribution in [1.29, 1.82) is 0 Å². The minimum atomic E-state index is -3.14. The number of benzene rings is 1. The van der Waals surface area contributed by atoms with Gasteiger partial charge >= 0.3 is 0 Å². The molecule has 7 heteroatoms. The number of carbonyl (C=O) groups is 2. The van der Waals surface area contributed by atoms with Crippen LogP contribution >= 0.6 is 0 Å². The summed E-state index contributed by atoms with van der Waals surface area (Å²) in [6, 6.07) is 8.98. The van der Waals surface area contributed by atoms with E-state index in [0.29, 0.717) is 0 Å². The van der Waals surface area contributed by atoms with Gasteiger partial charge in [-0.05, 0) is 5.56 Å². The van der Waals surface area contributed by atoms with Crippen LogP contribution in [0.15, 0.2) is 30.3 Å². The van der Waals surface area contributed by atoms with Crippen LogP contribution in [0.1, 0.15) is 5.56 Å². The molecule has 0 saturated heterocycles. The zero-order valence-electron chi connectivity index (χ0n) is 10.9. The number of nitrogens with two attached hydrogens (primary N) is 1. The third-order valence-electron chi connectivity index (χ3n) is 2.50. The summed E-state index contributed by atoms with van der Waals surface area (Å²) >= 11 is 0. The summed E-state index contributed by atoms with van der Waals surface area (Å²) in [5, 5.41) is 4.37. The first-order valence-corrected chi connectivity index (χ1v) is 6.08. The van der Waals surface area contributed by atoms with E-state index < -0.39 is 24.9 Å². The molecular formula is C13H17F2N3O2. The van der Waals surface area contributed by atoms with Gasteiger partial charge in [0, 0.05) is 0 Å².